The topological polar surface area (TPSA) is 74.0 Å². The van der Waals surface area contributed by atoms with Crippen LogP contribution in [0.4, 0.5) is 0 Å². The molecule has 0 aliphatic heterocycles. The summed E-state index contributed by atoms with van der Waals surface area (Å²) < 4.78 is 15.5. The zero-order valence-corrected chi connectivity index (χ0v) is 12.4. The fraction of sp³-hybridized carbons (Fsp3) is 0.500. The third-order valence-electron chi connectivity index (χ3n) is 3.02. The summed E-state index contributed by atoms with van der Waals surface area (Å²) in [7, 11) is 6.34. The molecule has 1 rings (SSSR count). The summed E-state index contributed by atoms with van der Waals surface area (Å²) in [6, 6.07) is 5.53. The maximum Gasteiger partial charge on any atom is 0.253 e. The second kappa shape index (κ2) is 7.72. The lowest BCUT2D eigenvalue weighted by Crippen LogP contribution is -2.41. The molecule has 1 aromatic rings. The first kappa shape index (κ1) is 16.3. The van der Waals surface area contributed by atoms with Gasteiger partial charge in [0.25, 0.3) is 5.91 Å². The SMILES string of the molecule is COc1ccc(CN(C)C(=O)C(CN)OC)cc1OC. The second-order valence-corrected chi connectivity index (χ2v) is 4.34. The van der Waals surface area contributed by atoms with Crippen molar-refractivity contribution in [3.05, 3.63) is 23.8 Å². The van der Waals surface area contributed by atoms with Crippen molar-refractivity contribution in [1.82, 2.24) is 4.90 Å². The monoisotopic (exact) mass is 282 g/mol. The van der Waals surface area contributed by atoms with Gasteiger partial charge in [-0.1, -0.05) is 6.07 Å². The molecule has 0 fully saturated rings. The molecule has 0 aliphatic carbocycles. The minimum Gasteiger partial charge on any atom is -0.493 e. The van der Waals surface area contributed by atoms with E-state index in [0.29, 0.717) is 18.0 Å². The van der Waals surface area contributed by atoms with Gasteiger partial charge in [-0.2, -0.15) is 0 Å². The Bertz CT molecular complexity index is 447. The number of methoxy groups -OCH3 is 3. The van der Waals surface area contributed by atoms with Crippen LogP contribution in [0.5, 0.6) is 11.5 Å². The highest BCUT2D eigenvalue weighted by atomic mass is 16.5. The lowest BCUT2D eigenvalue weighted by Gasteiger charge is -2.22. The van der Waals surface area contributed by atoms with Gasteiger partial charge >= 0.3 is 0 Å². The van der Waals surface area contributed by atoms with Gasteiger partial charge in [-0.15, -0.1) is 0 Å². The van der Waals surface area contributed by atoms with E-state index in [0.717, 1.165) is 5.56 Å². The molecule has 1 amide bonds. The van der Waals surface area contributed by atoms with Crippen LogP contribution in [0.3, 0.4) is 0 Å². The summed E-state index contributed by atoms with van der Waals surface area (Å²) in [5.41, 5.74) is 6.43. The van der Waals surface area contributed by atoms with Crippen LogP contribution >= 0.6 is 0 Å². The maximum atomic E-state index is 12.1. The van der Waals surface area contributed by atoms with E-state index in [9.17, 15) is 4.79 Å². The molecule has 1 atom stereocenters. The summed E-state index contributed by atoms with van der Waals surface area (Å²) in [5, 5.41) is 0. The van der Waals surface area contributed by atoms with Crippen LogP contribution in [0, 0.1) is 0 Å². The highest BCUT2D eigenvalue weighted by Crippen LogP contribution is 2.27. The molecule has 0 saturated carbocycles. The largest absolute Gasteiger partial charge is 0.493 e. The van der Waals surface area contributed by atoms with Crippen molar-refractivity contribution in [2.45, 2.75) is 12.6 Å². The van der Waals surface area contributed by atoms with E-state index in [4.69, 9.17) is 19.9 Å². The molecule has 0 aliphatic rings. The molecule has 2 N–H and O–H groups in total. The number of nitrogens with two attached hydrogens (primary N) is 1. The van der Waals surface area contributed by atoms with Gasteiger partial charge in [0.1, 0.15) is 6.10 Å². The Hall–Kier alpha value is -1.79. The molecule has 1 unspecified atom stereocenters. The summed E-state index contributed by atoms with van der Waals surface area (Å²) in [6.45, 7) is 0.602. The zero-order chi connectivity index (χ0) is 15.1. The maximum absolute atomic E-state index is 12.1. The van der Waals surface area contributed by atoms with E-state index >= 15 is 0 Å². The number of carbonyl (C=O) groups excluding carboxylic acids is 1. The minimum atomic E-state index is -0.611. The van der Waals surface area contributed by atoms with Crippen LogP contribution in [-0.4, -0.2) is 51.8 Å². The van der Waals surface area contributed by atoms with Crippen LogP contribution in [0.25, 0.3) is 0 Å². The Morgan fingerprint density at radius 1 is 1.25 bits per heavy atom. The average molecular weight is 282 g/mol. The minimum absolute atomic E-state index is 0.148. The van der Waals surface area contributed by atoms with Crippen LogP contribution in [0.2, 0.25) is 0 Å². The number of nitrogens with zero attached hydrogens (tertiary/aromatic N) is 1. The Morgan fingerprint density at radius 3 is 2.40 bits per heavy atom. The van der Waals surface area contributed by atoms with Gasteiger partial charge in [-0.05, 0) is 17.7 Å². The first-order chi connectivity index (χ1) is 9.57. The Morgan fingerprint density at radius 2 is 1.90 bits per heavy atom. The Labute approximate surface area is 119 Å². The van der Waals surface area contributed by atoms with Crippen molar-refractivity contribution in [2.24, 2.45) is 5.73 Å². The van der Waals surface area contributed by atoms with Crippen LogP contribution < -0.4 is 15.2 Å². The molecule has 6 heteroatoms. The smallest absolute Gasteiger partial charge is 0.253 e. The van der Waals surface area contributed by atoms with E-state index in [1.807, 2.05) is 18.2 Å². The first-order valence-electron chi connectivity index (χ1n) is 6.26. The van der Waals surface area contributed by atoms with Gasteiger partial charge in [0.2, 0.25) is 0 Å². The lowest BCUT2D eigenvalue weighted by molar-refractivity contribution is -0.140. The number of likely N-dealkylation sites (N-methyl/N-ethyl adjacent to an activating group) is 1. The van der Waals surface area contributed by atoms with Crippen LogP contribution in [0.15, 0.2) is 18.2 Å². The number of ether oxygens (including phenoxy) is 3. The van der Waals surface area contributed by atoms with Crippen LogP contribution in [-0.2, 0) is 16.1 Å². The van der Waals surface area contributed by atoms with Gasteiger partial charge in [0.15, 0.2) is 11.5 Å². The predicted octanol–water partition coefficient (Wildman–Crippen LogP) is 0.636. The summed E-state index contributed by atoms with van der Waals surface area (Å²) in [4.78, 5) is 13.6. The third kappa shape index (κ3) is 3.85. The lowest BCUT2D eigenvalue weighted by atomic mass is 10.2. The number of rotatable bonds is 7. The molecule has 0 spiro atoms. The molecule has 0 saturated heterocycles. The van der Waals surface area contributed by atoms with Crippen molar-refractivity contribution in [1.29, 1.82) is 0 Å². The van der Waals surface area contributed by atoms with Gasteiger partial charge < -0.3 is 24.8 Å². The van der Waals surface area contributed by atoms with Gasteiger partial charge in [-0.3, -0.25) is 4.79 Å². The Kier molecular flexibility index (Phi) is 6.27. The molecule has 0 heterocycles. The first-order valence-corrected chi connectivity index (χ1v) is 6.26. The molecular weight excluding hydrogens is 260 g/mol. The second-order valence-electron chi connectivity index (χ2n) is 4.34. The van der Waals surface area contributed by atoms with E-state index < -0.39 is 6.10 Å². The van der Waals surface area contributed by atoms with Gasteiger partial charge in [0, 0.05) is 27.2 Å². The summed E-state index contributed by atoms with van der Waals surface area (Å²) in [6.07, 6.45) is -0.611. The molecule has 0 radical (unpaired) electrons. The molecule has 1 aromatic carbocycles. The number of hydrogen-bond acceptors (Lipinski definition) is 5. The molecule has 6 nitrogen and oxygen atoms in total. The highest BCUT2D eigenvalue weighted by molar-refractivity contribution is 5.80. The average Bonchev–Trinajstić information content (AvgIpc) is 2.48. The summed E-state index contributed by atoms with van der Waals surface area (Å²) >= 11 is 0. The van der Waals surface area contributed by atoms with E-state index in [-0.39, 0.29) is 12.5 Å². The predicted molar refractivity (Wildman–Crippen MR) is 75.9 cm³/mol. The molecule has 20 heavy (non-hydrogen) atoms. The van der Waals surface area contributed by atoms with Crippen molar-refractivity contribution in [3.8, 4) is 11.5 Å². The van der Waals surface area contributed by atoms with Crippen molar-refractivity contribution >= 4 is 5.91 Å². The van der Waals surface area contributed by atoms with E-state index in [1.54, 1.807) is 26.2 Å². The molecule has 112 valence electrons. The number of hydrogen-bond donors (Lipinski definition) is 1. The molecular formula is C14H22N2O4. The van der Waals surface area contributed by atoms with E-state index in [1.165, 1.54) is 7.11 Å². The standard InChI is InChI=1S/C14H22N2O4/c1-16(14(17)13(8-15)20-4)9-10-5-6-11(18-2)12(7-10)19-3/h5-7,13H,8-9,15H2,1-4H3. The number of benzene rings is 1. The fourth-order valence-corrected chi connectivity index (χ4v) is 1.87. The van der Waals surface area contributed by atoms with Gasteiger partial charge in [0.05, 0.1) is 14.2 Å². The molecule has 0 aromatic heterocycles. The number of amides is 1. The highest BCUT2D eigenvalue weighted by Gasteiger charge is 2.20. The fourth-order valence-electron chi connectivity index (χ4n) is 1.87. The zero-order valence-electron chi connectivity index (χ0n) is 12.4. The quantitative estimate of drug-likeness (QED) is 0.794. The third-order valence-corrected chi connectivity index (χ3v) is 3.02. The van der Waals surface area contributed by atoms with Crippen molar-refractivity contribution < 1.29 is 19.0 Å². The van der Waals surface area contributed by atoms with E-state index in [2.05, 4.69) is 0 Å². The normalized spacial score (nSPS) is 11.8. The van der Waals surface area contributed by atoms with Crippen molar-refractivity contribution in [2.75, 3.05) is 34.9 Å². The Balaban J connectivity index is 2.80. The molecule has 0 bridgehead atoms. The number of carbonyl (C=O) groups is 1. The van der Waals surface area contributed by atoms with Crippen molar-refractivity contribution in [3.63, 3.8) is 0 Å². The van der Waals surface area contributed by atoms with Crippen LogP contribution in [0.1, 0.15) is 5.56 Å². The van der Waals surface area contributed by atoms with Gasteiger partial charge in [-0.25, -0.2) is 0 Å². The summed E-state index contributed by atoms with van der Waals surface area (Å²) in [5.74, 6) is 1.14.